The second kappa shape index (κ2) is 7.71. The van der Waals surface area contributed by atoms with Crippen molar-refractivity contribution in [3.63, 3.8) is 0 Å². The van der Waals surface area contributed by atoms with Crippen LogP contribution in [-0.2, 0) is 6.54 Å². The SMILES string of the molecule is CCNC(=NCc1cccc(OC)c1)NCC(C1CC1)C1CC1. The number of methoxy groups -OCH3 is 1. The Bertz CT molecular complexity index is 523. The van der Waals surface area contributed by atoms with Gasteiger partial charge in [-0.05, 0) is 68.1 Å². The Hall–Kier alpha value is -1.71. The molecule has 2 saturated carbocycles. The van der Waals surface area contributed by atoms with Crippen molar-refractivity contribution in [2.75, 3.05) is 20.2 Å². The van der Waals surface area contributed by atoms with Gasteiger partial charge in [0.2, 0.25) is 0 Å². The average molecular weight is 315 g/mol. The minimum Gasteiger partial charge on any atom is -0.497 e. The van der Waals surface area contributed by atoms with Crippen molar-refractivity contribution < 1.29 is 4.74 Å². The first-order chi connectivity index (χ1) is 11.3. The zero-order chi connectivity index (χ0) is 16.1. The van der Waals surface area contributed by atoms with E-state index in [1.807, 2.05) is 18.2 Å². The van der Waals surface area contributed by atoms with E-state index in [-0.39, 0.29) is 0 Å². The molecule has 4 nitrogen and oxygen atoms in total. The molecule has 0 heterocycles. The maximum atomic E-state index is 5.27. The number of rotatable bonds is 8. The molecule has 0 bridgehead atoms. The van der Waals surface area contributed by atoms with E-state index in [1.165, 1.54) is 31.2 Å². The lowest BCUT2D eigenvalue weighted by molar-refractivity contribution is 0.400. The van der Waals surface area contributed by atoms with Gasteiger partial charge in [0.25, 0.3) is 0 Å². The van der Waals surface area contributed by atoms with E-state index in [9.17, 15) is 0 Å². The maximum absolute atomic E-state index is 5.27. The first-order valence-corrected chi connectivity index (χ1v) is 8.95. The van der Waals surface area contributed by atoms with Crippen molar-refractivity contribution in [3.05, 3.63) is 29.8 Å². The van der Waals surface area contributed by atoms with Crippen LogP contribution in [0.4, 0.5) is 0 Å². The molecule has 0 amide bonds. The molecule has 0 radical (unpaired) electrons. The predicted molar refractivity (Wildman–Crippen MR) is 94.8 cm³/mol. The summed E-state index contributed by atoms with van der Waals surface area (Å²) in [5.74, 6) is 4.61. The number of hydrogen-bond acceptors (Lipinski definition) is 2. The van der Waals surface area contributed by atoms with Crippen LogP contribution in [-0.4, -0.2) is 26.2 Å². The Balaban J connectivity index is 1.55. The summed E-state index contributed by atoms with van der Waals surface area (Å²) >= 11 is 0. The summed E-state index contributed by atoms with van der Waals surface area (Å²) in [6, 6.07) is 8.11. The number of benzene rings is 1. The van der Waals surface area contributed by atoms with Crippen molar-refractivity contribution in [1.29, 1.82) is 0 Å². The highest BCUT2D eigenvalue weighted by Gasteiger charge is 2.41. The number of aliphatic imine (C=N–C) groups is 1. The van der Waals surface area contributed by atoms with E-state index >= 15 is 0 Å². The monoisotopic (exact) mass is 315 g/mol. The average Bonchev–Trinajstić information content (AvgIpc) is 3.46. The maximum Gasteiger partial charge on any atom is 0.191 e. The molecular formula is C19H29N3O. The third kappa shape index (κ3) is 4.88. The topological polar surface area (TPSA) is 45.7 Å². The van der Waals surface area contributed by atoms with Crippen molar-refractivity contribution in [3.8, 4) is 5.75 Å². The van der Waals surface area contributed by atoms with Crippen LogP contribution in [0.25, 0.3) is 0 Å². The molecule has 1 aromatic rings. The molecule has 0 unspecified atom stereocenters. The highest BCUT2D eigenvalue weighted by Crippen LogP contribution is 2.48. The summed E-state index contributed by atoms with van der Waals surface area (Å²) < 4.78 is 5.27. The van der Waals surface area contributed by atoms with Crippen LogP contribution in [0.1, 0.15) is 38.2 Å². The van der Waals surface area contributed by atoms with Crippen molar-refractivity contribution in [1.82, 2.24) is 10.6 Å². The van der Waals surface area contributed by atoms with Crippen LogP contribution < -0.4 is 15.4 Å². The molecule has 0 spiro atoms. The van der Waals surface area contributed by atoms with Crippen LogP contribution >= 0.6 is 0 Å². The summed E-state index contributed by atoms with van der Waals surface area (Å²) in [7, 11) is 1.70. The molecule has 1 aromatic carbocycles. The normalized spacial score (nSPS) is 18.1. The molecule has 126 valence electrons. The van der Waals surface area contributed by atoms with Gasteiger partial charge >= 0.3 is 0 Å². The molecule has 2 fully saturated rings. The Morgan fingerprint density at radius 2 is 1.96 bits per heavy atom. The highest BCUT2D eigenvalue weighted by molar-refractivity contribution is 5.79. The predicted octanol–water partition coefficient (Wildman–Crippen LogP) is 3.19. The van der Waals surface area contributed by atoms with E-state index in [1.54, 1.807) is 7.11 Å². The molecule has 23 heavy (non-hydrogen) atoms. The van der Waals surface area contributed by atoms with Gasteiger partial charge in [0.05, 0.1) is 13.7 Å². The number of ether oxygens (including phenoxy) is 1. The summed E-state index contributed by atoms with van der Waals surface area (Å²) in [6.07, 6.45) is 5.72. The lowest BCUT2D eigenvalue weighted by Crippen LogP contribution is -2.40. The third-order valence-corrected chi connectivity index (χ3v) is 4.86. The van der Waals surface area contributed by atoms with E-state index in [2.05, 4.69) is 23.6 Å². The summed E-state index contributed by atoms with van der Waals surface area (Å²) in [5.41, 5.74) is 1.17. The molecule has 0 atom stereocenters. The lowest BCUT2D eigenvalue weighted by atomic mass is 9.98. The van der Waals surface area contributed by atoms with Crippen molar-refractivity contribution >= 4 is 5.96 Å². The molecule has 0 saturated heterocycles. The Morgan fingerprint density at radius 1 is 1.22 bits per heavy atom. The standard InChI is InChI=1S/C19H29N3O/c1-3-20-19(21-12-14-5-4-6-17(11-14)23-2)22-13-18(15-7-8-15)16-9-10-16/h4-6,11,15-16,18H,3,7-10,12-13H2,1-2H3,(H2,20,21,22). The van der Waals surface area contributed by atoms with Crippen LogP contribution in [0.5, 0.6) is 5.75 Å². The van der Waals surface area contributed by atoms with E-state index < -0.39 is 0 Å². The van der Waals surface area contributed by atoms with Gasteiger partial charge in [-0.15, -0.1) is 0 Å². The van der Waals surface area contributed by atoms with Crippen LogP contribution in [0, 0.1) is 17.8 Å². The zero-order valence-corrected chi connectivity index (χ0v) is 14.3. The van der Waals surface area contributed by atoms with Gasteiger partial charge in [-0.2, -0.15) is 0 Å². The van der Waals surface area contributed by atoms with Crippen LogP contribution in [0.15, 0.2) is 29.3 Å². The lowest BCUT2D eigenvalue weighted by Gasteiger charge is -2.18. The summed E-state index contributed by atoms with van der Waals surface area (Å²) in [6.45, 7) is 4.74. The minimum atomic E-state index is 0.671. The van der Waals surface area contributed by atoms with Gasteiger partial charge in [0.15, 0.2) is 5.96 Å². The van der Waals surface area contributed by atoms with Crippen LogP contribution in [0.3, 0.4) is 0 Å². The largest absolute Gasteiger partial charge is 0.497 e. The van der Waals surface area contributed by atoms with Gasteiger partial charge in [-0.3, -0.25) is 0 Å². The Morgan fingerprint density at radius 3 is 2.57 bits per heavy atom. The molecular weight excluding hydrogens is 286 g/mol. The van der Waals surface area contributed by atoms with E-state index in [0.29, 0.717) is 6.54 Å². The summed E-state index contributed by atoms with van der Waals surface area (Å²) in [4.78, 5) is 4.73. The van der Waals surface area contributed by atoms with E-state index in [4.69, 9.17) is 9.73 Å². The summed E-state index contributed by atoms with van der Waals surface area (Å²) in [5, 5.41) is 6.93. The fourth-order valence-corrected chi connectivity index (χ4v) is 3.26. The van der Waals surface area contributed by atoms with Gasteiger partial charge in [-0.25, -0.2) is 4.99 Å². The number of guanidine groups is 1. The smallest absolute Gasteiger partial charge is 0.191 e. The molecule has 2 aliphatic rings. The minimum absolute atomic E-state index is 0.671. The molecule has 3 rings (SSSR count). The Labute approximate surface area is 139 Å². The second-order valence-electron chi connectivity index (χ2n) is 6.77. The number of nitrogens with zero attached hydrogens (tertiary/aromatic N) is 1. The first-order valence-electron chi connectivity index (χ1n) is 8.95. The fraction of sp³-hybridized carbons (Fsp3) is 0.632. The van der Waals surface area contributed by atoms with Gasteiger partial charge in [0, 0.05) is 13.1 Å². The van der Waals surface area contributed by atoms with E-state index in [0.717, 1.165) is 42.6 Å². The second-order valence-corrected chi connectivity index (χ2v) is 6.77. The van der Waals surface area contributed by atoms with Gasteiger partial charge < -0.3 is 15.4 Å². The molecule has 2 aliphatic carbocycles. The number of nitrogens with one attached hydrogen (secondary N) is 2. The highest BCUT2D eigenvalue weighted by atomic mass is 16.5. The number of hydrogen-bond donors (Lipinski definition) is 2. The van der Waals surface area contributed by atoms with Crippen LogP contribution in [0.2, 0.25) is 0 Å². The van der Waals surface area contributed by atoms with Crippen molar-refractivity contribution in [2.45, 2.75) is 39.2 Å². The first kappa shape index (κ1) is 16.2. The zero-order valence-electron chi connectivity index (χ0n) is 14.3. The van der Waals surface area contributed by atoms with Crippen molar-refractivity contribution in [2.24, 2.45) is 22.7 Å². The molecule has 2 N–H and O–H groups in total. The van der Waals surface area contributed by atoms with Gasteiger partial charge in [-0.1, -0.05) is 12.1 Å². The van der Waals surface area contributed by atoms with Gasteiger partial charge in [0.1, 0.15) is 5.75 Å². The quantitative estimate of drug-likeness (QED) is 0.572. The molecule has 4 heteroatoms. The molecule has 0 aromatic heterocycles. The third-order valence-electron chi connectivity index (χ3n) is 4.86. The molecule has 0 aliphatic heterocycles. The fourth-order valence-electron chi connectivity index (χ4n) is 3.26. The Kier molecular flexibility index (Phi) is 5.42.